The largest absolute Gasteiger partial charge is 0.393 e. The summed E-state index contributed by atoms with van der Waals surface area (Å²) >= 11 is 1.44. The molecule has 1 saturated heterocycles. The minimum atomic E-state index is -4.38. The minimum Gasteiger partial charge on any atom is -0.317 e. The number of fused-ring (bicyclic) bond motifs is 1. The molecule has 0 atom stereocenters. The van der Waals surface area contributed by atoms with Gasteiger partial charge in [-0.15, -0.1) is 11.3 Å². The number of alkyl halides is 3. The molecule has 1 aliphatic rings. The number of nitrogens with one attached hydrogen (secondary N) is 2. The third-order valence-electron chi connectivity index (χ3n) is 5.56. The number of nitrogens with zero attached hydrogens (tertiary/aromatic N) is 5. The maximum absolute atomic E-state index is 13.5. The average molecular weight is 447 g/mol. The lowest BCUT2D eigenvalue weighted by atomic mass is 9.97. The normalized spacial score (nSPS) is 15.7. The molecule has 5 heterocycles. The van der Waals surface area contributed by atoms with Gasteiger partial charge in [0.1, 0.15) is 11.3 Å². The van der Waals surface area contributed by atoms with Crippen LogP contribution in [0.25, 0.3) is 27.6 Å². The van der Waals surface area contributed by atoms with Gasteiger partial charge in [-0.3, -0.25) is 5.10 Å². The molecule has 7 nitrogen and oxygen atoms in total. The van der Waals surface area contributed by atoms with Crippen LogP contribution in [0.3, 0.4) is 0 Å². The van der Waals surface area contributed by atoms with Crippen LogP contribution in [0.5, 0.6) is 0 Å². The Morgan fingerprint density at radius 2 is 2.03 bits per heavy atom. The molecule has 2 N–H and O–H groups in total. The molecule has 0 radical (unpaired) electrons. The summed E-state index contributed by atoms with van der Waals surface area (Å²) in [6, 6.07) is 1.78. The smallest absolute Gasteiger partial charge is 0.317 e. The summed E-state index contributed by atoms with van der Waals surface area (Å²) in [7, 11) is 0. The molecule has 0 unspecified atom stereocenters. The van der Waals surface area contributed by atoms with Crippen molar-refractivity contribution >= 4 is 17.0 Å². The van der Waals surface area contributed by atoms with Gasteiger partial charge in [0.15, 0.2) is 5.65 Å². The van der Waals surface area contributed by atoms with E-state index >= 15 is 0 Å². The number of hydrogen-bond donors (Lipinski definition) is 2. The van der Waals surface area contributed by atoms with Gasteiger partial charge in [-0.1, -0.05) is 0 Å². The molecule has 0 bridgehead atoms. The lowest BCUT2D eigenvalue weighted by Crippen LogP contribution is -2.26. The molecule has 0 aromatic carbocycles. The number of aryl methyl sites for hydroxylation is 1. The highest BCUT2D eigenvalue weighted by molar-refractivity contribution is 7.15. The first-order valence-electron chi connectivity index (χ1n) is 10.0. The lowest BCUT2D eigenvalue weighted by Gasteiger charge is -2.20. The van der Waals surface area contributed by atoms with E-state index in [0.717, 1.165) is 36.4 Å². The van der Waals surface area contributed by atoms with Gasteiger partial charge in [-0.2, -0.15) is 23.4 Å². The second-order valence-electron chi connectivity index (χ2n) is 7.75. The van der Waals surface area contributed by atoms with Gasteiger partial charge in [0.25, 0.3) is 0 Å². The molecule has 1 fully saturated rings. The average Bonchev–Trinajstić information content (AvgIpc) is 3.46. The number of rotatable bonds is 4. The summed E-state index contributed by atoms with van der Waals surface area (Å²) < 4.78 is 42.0. The van der Waals surface area contributed by atoms with Crippen LogP contribution in [-0.4, -0.2) is 49.0 Å². The number of thiazole rings is 1. The van der Waals surface area contributed by atoms with Crippen molar-refractivity contribution in [2.24, 2.45) is 0 Å². The molecule has 0 amide bonds. The van der Waals surface area contributed by atoms with E-state index in [1.165, 1.54) is 17.7 Å². The van der Waals surface area contributed by atoms with E-state index in [-0.39, 0.29) is 11.3 Å². The van der Waals surface area contributed by atoms with Gasteiger partial charge in [-0.05, 0) is 50.4 Å². The van der Waals surface area contributed by atoms with E-state index in [4.69, 9.17) is 0 Å². The third kappa shape index (κ3) is 3.94. The van der Waals surface area contributed by atoms with Crippen molar-refractivity contribution in [2.75, 3.05) is 13.1 Å². The number of piperidine rings is 1. The van der Waals surface area contributed by atoms with Crippen LogP contribution < -0.4 is 5.32 Å². The monoisotopic (exact) mass is 447 g/mol. The van der Waals surface area contributed by atoms with E-state index < -0.39 is 12.6 Å². The van der Waals surface area contributed by atoms with Gasteiger partial charge < -0.3 is 5.32 Å². The first kappa shape index (κ1) is 20.1. The standard InChI is InChI=1S/C20H20F3N7S/c1-11-6-13(9-30-18(11)26-10-27-30)16-14(7-20(21,22)23)17(29-28-16)19-25-8-15(31-19)12-2-4-24-5-3-12/h6,8-10,12,24H,2-5,7H2,1H3,(H,28,29). The predicted molar refractivity (Wildman–Crippen MR) is 111 cm³/mol. The van der Waals surface area contributed by atoms with E-state index in [9.17, 15) is 13.2 Å². The number of H-pyrrole nitrogens is 1. The fourth-order valence-electron chi connectivity index (χ4n) is 4.07. The second-order valence-corrected chi connectivity index (χ2v) is 8.81. The van der Waals surface area contributed by atoms with Crippen LogP contribution in [0, 0.1) is 6.92 Å². The van der Waals surface area contributed by atoms with Gasteiger partial charge in [-0.25, -0.2) is 14.5 Å². The first-order chi connectivity index (χ1) is 14.9. The Morgan fingerprint density at radius 1 is 1.23 bits per heavy atom. The number of hydrogen-bond acceptors (Lipinski definition) is 6. The second kappa shape index (κ2) is 7.72. The third-order valence-corrected chi connectivity index (χ3v) is 6.73. The van der Waals surface area contributed by atoms with Gasteiger partial charge in [0.05, 0.1) is 17.8 Å². The number of aromatic amines is 1. The van der Waals surface area contributed by atoms with Crippen LogP contribution in [0.4, 0.5) is 13.2 Å². The molecule has 0 saturated carbocycles. The van der Waals surface area contributed by atoms with Crippen molar-refractivity contribution in [3.8, 4) is 22.0 Å². The van der Waals surface area contributed by atoms with Crippen molar-refractivity contribution in [3.63, 3.8) is 0 Å². The zero-order valence-electron chi connectivity index (χ0n) is 16.7. The fourth-order valence-corrected chi connectivity index (χ4v) is 5.18. The minimum absolute atomic E-state index is 0.0950. The molecule has 31 heavy (non-hydrogen) atoms. The van der Waals surface area contributed by atoms with Gasteiger partial charge >= 0.3 is 6.18 Å². The van der Waals surface area contributed by atoms with Crippen LogP contribution in [0.15, 0.2) is 24.8 Å². The van der Waals surface area contributed by atoms with Crippen LogP contribution in [0.2, 0.25) is 0 Å². The molecule has 1 aliphatic heterocycles. The van der Waals surface area contributed by atoms with E-state index in [2.05, 4.69) is 30.6 Å². The van der Waals surface area contributed by atoms with Crippen molar-refractivity contribution in [2.45, 2.75) is 38.3 Å². The summed E-state index contributed by atoms with van der Waals surface area (Å²) in [6.45, 7) is 3.72. The molecule has 162 valence electrons. The van der Waals surface area contributed by atoms with Crippen molar-refractivity contribution in [1.29, 1.82) is 0 Å². The van der Waals surface area contributed by atoms with Crippen LogP contribution >= 0.6 is 11.3 Å². The molecule has 0 aliphatic carbocycles. The van der Waals surface area contributed by atoms with Gasteiger partial charge in [0.2, 0.25) is 0 Å². The Kier molecular flexibility index (Phi) is 5.01. The summed E-state index contributed by atoms with van der Waals surface area (Å²) in [6.07, 6.45) is 1.39. The number of aromatic nitrogens is 6. The number of halogens is 3. The zero-order valence-corrected chi connectivity index (χ0v) is 17.5. The Hall–Kier alpha value is -2.79. The quantitative estimate of drug-likeness (QED) is 0.492. The SMILES string of the molecule is Cc1cc(-c2n[nH]c(-c3ncc(C4CCNCC4)s3)c2CC(F)(F)F)cn2ncnc12. The molecule has 5 rings (SSSR count). The summed E-state index contributed by atoms with van der Waals surface area (Å²) in [5.74, 6) is 0.387. The zero-order chi connectivity index (χ0) is 21.6. The fraction of sp³-hybridized carbons (Fsp3) is 0.400. The summed E-state index contributed by atoms with van der Waals surface area (Å²) in [5.41, 5.74) is 2.69. The summed E-state index contributed by atoms with van der Waals surface area (Å²) in [5, 5.41) is 15.1. The highest BCUT2D eigenvalue weighted by atomic mass is 32.1. The Morgan fingerprint density at radius 3 is 2.81 bits per heavy atom. The van der Waals surface area contributed by atoms with E-state index in [1.807, 2.05) is 6.92 Å². The molecular formula is C20H20F3N7S. The highest BCUT2D eigenvalue weighted by Crippen LogP contribution is 2.39. The molecular weight excluding hydrogens is 427 g/mol. The number of pyridine rings is 1. The van der Waals surface area contributed by atoms with E-state index in [0.29, 0.717) is 27.8 Å². The topological polar surface area (TPSA) is 83.8 Å². The van der Waals surface area contributed by atoms with Crippen molar-refractivity contribution < 1.29 is 13.2 Å². The molecule has 0 spiro atoms. The van der Waals surface area contributed by atoms with Crippen molar-refractivity contribution in [1.82, 2.24) is 35.1 Å². The van der Waals surface area contributed by atoms with Crippen LogP contribution in [0.1, 0.15) is 34.8 Å². The Labute approximate surface area is 179 Å². The Balaban J connectivity index is 1.58. The predicted octanol–water partition coefficient (Wildman–Crippen LogP) is 4.12. The Bertz CT molecular complexity index is 1220. The molecule has 11 heteroatoms. The summed E-state index contributed by atoms with van der Waals surface area (Å²) in [4.78, 5) is 9.72. The van der Waals surface area contributed by atoms with E-state index in [1.54, 1.807) is 23.0 Å². The maximum atomic E-state index is 13.5. The molecule has 4 aromatic rings. The highest BCUT2D eigenvalue weighted by Gasteiger charge is 2.33. The maximum Gasteiger partial charge on any atom is 0.393 e. The first-order valence-corrected chi connectivity index (χ1v) is 10.8. The van der Waals surface area contributed by atoms with Crippen molar-refractivity contribution in [3.05, 3.63) is 40.8 Å². The van der Waals surface area contributed by atoms with Crippen LogP contribution in [-0.2, 0) is 6.42 Å². The molecule has 4 aromatic heterocycles. The van der Waals surface area contributed by atoms with Gasteiger partial charge in [0, 0.05) is 28.4 Å². The lowest BCUT2D eigenvalue weighted by molar-refractivity contribution is -0.127.